The van der Waals surface area contributed by atoms with Crippen molar-refractivity contribution in [2.45, 2.75) is 4.90 Å². The Labute approximate surface area is 133 Å². The van der Waals surface area contributed by atoms with E-state index in [4.69, 9.17) is 29.6 Å². The Morgan fingerprint density at radius 2 is 2.05 bits per heavy atom. The van der Waals surface area contributed by atoms with E-state index in [1.54, 1.807) is 7.05 Å². The summed E-state index contributed by atoms with van der Waals surface area (Å²) < 4.78 is 26.2. The van der Waals surface area contributed by atoms with Crippen LogP contribution < -0.4 is 5.73 Å². The zero-order chi connectivity index (χ0) is 15.8. The molecular weight excluding hydrogens is 334 g/mol. The molecule has 1 fully saturated rings. The molecule has 2 rings (SSSR count). The van der Waals surface area contributed by atoms with E-state index in [1.807, 2.05) is 0 Å². The number of piperazine rings is 1. The Balaban J connectivity index is 2.34. The molecule has 1 amide bonds. The SMILES string of the molecule is CN1CCN(S(=O)(=O)c2ccc(C(N)=S)c(Cl)c2)CC1=O. The van der Waals surface area contributed by atoms with Gasteiger partial charge in [0.2, 0.25) is 15.9 Å². The van der Waals surface area contributed by atoms with Crippen LogP contribution in [-0.2, 0) is 14.8 Å². The maximum atomic E-state index is 12.5. The van der Waals surface area contributed by atoms with Crippen LogP contribution in [0.15, 0.2) is 23.1 Å². The number of likely N-dealkylation sites (N-methyl/N-ethyl adjacent to an activating group) is 1. The molecule has 0 radical (unpaired) electrons. The second-order valence-corrected chi connectivity index (χ2v) is 7.44. The predicted octanol–water partition coefficient (Wildman–Crippen LogP) is 0.437. The Kier molecular flexibility index (Phi) is 4.52. The zero-order valence-corrected chi connectivity index (χ0v) is 13.6. The predicted molar refractivity (Wildman–Crippen MR) is 83.7 cm³/mol. The van der Waals surface area contributed by atoms with Gasteiger partial charge in [-0.3, -0.25) is 4.79 Å². The minimum atomic E-state index is -3.77. The molecule has 1 heterocycles. The topological polar surface area (TPSA) is 83.7 Å². The average molecular weight is 348 g/mol. The smallest absolute Gasteiger partial charge is 0.243 e. The van der Waals surface area contributed by atoms with Crippen LogP contribution in [0.5, 0.6) is 0 Å². The Hall–Kier alpha value is -1.22. The Morgan fingerprint density at radius 3 is 2.57 bits per heavy atom. The number of carbonyl (C=O) groups is 1. The second kappa shape index (κ2) is 5.88. The summed E-state index contributed by atoms with van der Waals surface area (Å²) in [6, 6.07) is 4.15. The molecule has 0 bridgehead atoms. The lowest BCUT2D eigenvalue weighted by Crippen LogP contribution is -2.50. The molecular formula is C12H14ClN3O3S2. The molecule has 6 nitrogen and oxygen atoms in total. The number of amides is 1. The van der Waals surface area contributed by atoms with Crippen molar-refractivity contribution in [3.8, 4) is 0 Å². The molecule has 0 aromatic heterocycles. The summed E-state index contributed by atoms with van der Waals surface area (Å²) >= 11 is 10.8. The molecule has 1 aromatic carbocycles. The minimum Gasteiger partial charge on any atom is -0.389 e. The van der Waals surface area contributed by atoms with E-state index in [0.29, 0.717) is 12.1 Å². The first kappa shape index (κ1) is 16.2. The number of thiocarbonyl (C=S) groups is 1. The molecule has 9 heteroatoms. The lowest BCUT2D eigenvalue weighted by atomic mass is 10.2. The third-order valence-corrected chi connectivity index (χ3v) is 5.64. The fourth-order valence-electron chi connectivity index (χ4n) is 1.95. The monoisotopic (exact) mass is 347 g/mol. The van der Waals surface area contributed by atoms with Gasteiger partial charge in [-0.05, 0) is 18.2 Å². The van der Waals surface area contributed by atoms with E-state index in [1.165, 1.54) is 23.1 Å². The van der Waals surface area contributed by atoms with Gasteiger partial charge in [0.15, 0.2) is 0 Å². The number of benzene rings is 1. The molecule has 0 atom stereocenters. The van der Waals surface area contributed by atoms with Gasteiger partial charge in [-0.1, -0.05) is 23.8 Å². The highest BCUT2D eigenvalue weighted by atomic mass is 35.5. The lowest BCUT2D eigenvalue weighted by Gasteiger charge is -2.31. The van der Waals surface area contributed by atoms with Gasteiger partial charge in [0.05, 0.1) is 16.5 Å². The largest absolute Gasteiger partial charge is 0.389 e. The third-order valence-electron chi connectivity index (χ3n) is 3.27. The summed E-state index contributed by atoms with van der Waals surface area (Å²) in [6.07, 6.45) is 0. The van der Waals surface area contributed by atoms with Crippen LogP contribution in [0, 0.1) is 0 Å². The first-order valence-corrected chi connectivity index (χ1v) is 8.29. The fourth-order valence-corrected chi connectivity index (χ4v) is 3.94. The number of hydrogen-bond donors (Lipinski definition) is 1. The number of halogens is 1. The molecule has 0 saturated carbocycles. The summed E-state index contributed by atoms with van der Waals surface area (Å²) in [7, 11) is -2.13. The molecule has 0 aliphatic carbocycles. The van der Waals surface area contributed by atoms with Crippen LogP contribution >= 0.6 is 23.8 Å². The van der Waals surface area contributed by atoms with E-state index in [2.05, 4.69) is 0 Å². The molecule has 2 N–H and O–H groups in total. The van der Waals surface area contributed by atoms with Crippen molar-refractivity contribution < 1.29 is 13.2 Å². The first-order chi connectivity index (χ1) is 9.73. The van der Waals surface area contributed by atoms with E-state index < -0.39 is 10.0 Å². The van der Waals surface area contributed by atoms with Gasteiger partial charge in [0.25, 0.3) is 0 Å². The number of sulfonamides is 1. The maximum Gasteiger partial charge on any atom is 0.243 e. The van der Waals surface area contributed by atoms with E-state index in [9.17, 15) is 13.2 Å². The van der Waals surface area contributed by atoms with Gasteiger partial charge in [0.1, 0.15) is 4.99 Å². The molecule has 114 valence electrons. The number of hydrogen-bond acceptors (Lipinski definition) is 4. The van der Waals surface area contributed by atoms with Crippen molar-refractivity contribution in [3.05, 3.63) is 28.8 Å². The van der Waals surface area contributed by atoms with Crippen molar-refractivity contribution in [2.75, 3.05) is 26.7 Å². The molecule has 1 aliphatic heterocycles. The van der Waals surface area contributed by atoms with Crippen LogP contribution in [0.3, 0.4) is 0 Å². The third kappa shape index (κ3) is 3.18. The normalized spacial score (nSPS) is 17.0. The average Bonchev–Trinajstić information content (AvgIpc) is 2.41. The van der Waals surface area contributed by atoms with Crippen molar-refractivity contribution in [2.24, 2.45) is 5.73 Å². The summed E-state index contributed by atoms with van der Waals surface area (Å²) in [5, 5.41) is 0.170. The summed E-state index contributed by atoms with van der Waals surface area (Å²) in [6.45, 7) is 0.434. The number of rotatable bonds is 3. The zero-order valence-electron chi connectivity index (χ0n) is 11.2. The van der Waals surface area contributed by atoms with Gasteiger partial charge in [-0.15, -0.1) is 0 Å². The number of nitrogens with two attached hydrogens (primary N) is 1. The second-order valence-electron chi connectivity index (χ2n) is 4.66. The number of nitrogens with zero attached hydrogens (tertiary/aromatic N) is 2. The maximum absolute atomic E-state index is 12.5. The lowest BCUT2D eigenvalue weighted by molar-refractivity contribution is -0.132. The summed E-state index contributed by atoms with van der Waals surface area (Å²) in [4.78, 5) is 13.3. The quantitative estimate of drug-likeness (QED) is 0.802. The molecule has 0 unspecified atom stereocenters. The molecule has 1 aromatic rings. The van der Waals surface area contributed by atoms with Crippen molar-refractivity contribution in [1.82, 2.24) is 9.21 Å². The van der Waals surface area contributed by atoms with Crippen molar-refractivity contribution in [3.63, 3.8) is 0 Å². The van der Waals surface area contributed by atoms with E-state index in [0.717, 1.165) is 4.31 Å². The highest BCUT2D eigenvalue weighted by Gasteiger charge is 2.31. The van der Waals surface area contributed by atoms with Crippen molar-refractivity contribution >= 4 is 44.7 Å². The van der Waals surface area contributed by atoms with Crippen LogP contribution in [-0.4, -0.2) is 55.2 Å². The van der Waals surface area contributed by atoms with Gasteiger partial charge < -0.3 is 10.6 Å². The summed E-state index contributed by atoms with van der Waals surface area (Å²) in [5.41, 5.74) is 5.90. The van der Waals surface area contributed by atoms with Gasteiger partial charge in [0, 0.05) is 25.7 Å². The van der Waals surface area contributed by atoms with E-state index in [-0.39, 0.29) is 33.9 Å². The van der Waals surface area contributed by atoms with Gasteiger partial charge >= 0.3 is 0 Å². The molecule has 1 aliphatic rings. The van der Waals surface area contributed by atoms with Gasteiger partial charge in [-0.25, -0.2) is 8.42 Å². The number of carbonyl (C=O) groups excluding carboxylic acids is 1. The first-order valence-electron chi connectivity index (χ1n) is 6.07. The van der Waals surface area contributed by atoms with Crippen LogP contribution in [0.1, 0.15) is 5.56 Å². The molecule has 0 spiro atoms. The Bertz CT molecular complexity index is 706. The highest BCUT2D eigenvalue weighted by Crippen LogP contribution is 2.24. The molecule has 1 saturated heterocycles. The van der Waals surface area contributed by atoms with Gasteiger partial charge in [-0.2, -0.15) is 4.31 Å². The van der Waals surface area contributed by atoms with Crippen LogP contribution in [0.4, 0.5) is 0 Å². The highest BCUT2D eigenvalue weighted by molar-refractivity contribution is 7.89. The Morgan fingerprint density at radius 1 is 1.38 bits per heavy atom. The minimum absolute atomic E-state index is 0.0184. The van der Waals surface area contributed by atoms with E-state index >= 15 is 0 Å². The van der Waals surface area contributed by atoms with Crippen LogP contribution in [0.2, 0.25) is 5.02 Å². The fraction of sp³-hybridized carbons (Fsp3) is 0.333. The van der Waals surface area contributed by atoms with Crippen molar-refractivity contribution in [1.29, 1.82) is 0 Å². The summed E-state index contributed by atoms with van der Waals surface area (Å²) in [5.74, 6) is -0.240. The standard InChI is InChI=1S/C12H14ClN3O3S2/c1-15-4-5-16(7-11(15)17)21(18,19)8-2-3-9(12(14)20)10(13)6-8/h2-3,6H,4-5,7H2,1H3,(H2,14,20). The molecule has 21 heavy (non-hydrogen) atoms. The van der Waals surface area contributed by atoms with Crippen LogP contribution in [0.25, 0.3) is 0 Å².